The molecule has 0 aromatic heterocycles. The van der Waals surface area contributed by atoms with Gasteiger partial charge in [0.2, 0.25) is 0 Å². The van der Waals surface area contributed by atoms with Gasteiger partial charge in [0.05, 0.1) is 38.2 Å². The Morgan fingerprint density at radius 1 is 1.21 bits per heavy atom. The first-order valence-corrected chi connectivity index (χ1v) is 8.79. The van der Waals surface area contributed by atoms with Gasteiger partial charge in [-0.1, -0.05) is 12.1 Å². The third kappa shape index (κ3) is 5.55. The number of hydrogen-bond acceptors (Lipinski definition) is 7. The van der Waals surface area contributed by atoms with Crippen LogP contribution in [-0.4, -0.2) is 70.8 Å². The minimum absolute atomic E-state index is 0.0158. The third-order valence-electron chi connectivity index (χ3n) is 4.43. The summed E-state index contributed by atoms with van der Waals surface area (Å²) in [5, 5.41) is 29.9. The summed E-state index contributed by atoms with van der Waals surface area (Å²) in [5.74, 6) is -4.54. The van der Waals surface area contributed by atoms with Crippen LogP contribution in [-0.2, 0) is 30.3 Å². The van der Waals surface area contributed by atoms with E-state index < -0.39 is 36.2 Å². The molecule has 4 N–H and O–H groups in total. The molecule has 156 valence electrons. The summed E-state index contributed by atoms with van der Waals surface area (Å²) in [6.45, 7) is -0.158. The number of amides is 1. The molecule has 10 heteroatoms. The van der Waals surface area contributed by atoms with Gasteiger partial charge >= 0.3 is 17.9 Å². The summed E-state index contributed by atoms with van der Waals surface area (Å²) in [4.78, 5) is 47.8. The number of aliphatic hydroxyl groups excluding tert-OH is 1. The van der Waals surface area contributed by atoms with Crippen molar-refractivity contribution in [3.63, 3.8) is 0 Å². The number of rotatable bonds is 10. The average Bonchev–Trinajstić information content (AvgIpc) is 2.98. The van der Waals surface area contributed by atoms with Gasteiger partial charge in [-0.05, 0) is 24.1 Å². The monoisotopic (exact) mass is 406 g/mol. The van der Waals surface area contributed by atoms with Crippen molar-refractivity contribution in [1.82, 2.24) is 4.90 Å². The van der Waals surface area contributed by atoms with Crippen LogP contribution in [0.4, 0.5) is 5.69 Å². The lowest BCUT2D eigenvalue weighted by atomic mass is 9.96. The fourth-order valence-corrected chi connectivity index (χ4v) is 2.96. The topological polar surface area (TPSA) is 153 Å². The number of aliphatic carboxylic acids is 2. The first kappa shape index (κ1) is 21.9. The molecule has 1 aliphatic heterocycles. The largest absolute Gasteiger partial charge is 0.481 e. The number of nitrogens with one attached hydrogen (secondary N) is 1. The molecule has 1 heterocycles. The van der Waals surface area contributed by atoms with Gasteiger partial charge in [0.15, 0.2) is 0 Å². The van der Waals surface area contributed by atoms with Crippen molar-refractivity contribution in [3.05, 3.63) is 41.1 Å². The van der Waals surface area contributed by atoms with Crippen LogP contribution in [0.3, 0.4) is 0 Å². The zero-order valence-electron chi connectivity index (χ0n) is 15.8. The van der Waals surface area contributed by atoms with Crippen molar-refractivity contribution in [2.45, 2.75) is 12.8 Å². The summed E-state index contributed by atoms with van der Waals surface area (Å²) in [6, 6.07) is 6.42. The van der Waals surface area contributed by atoms with Gasteiger partial charge in [0.25, 0.3) is 5.91 Å². The van der Waals surface area contributed by atoms with E-state index in [1.807, 2.05) is 0 Å². The van der Waals surface area contributed by atoms with Crippen molar-refractivity contribution in [2.24, 2.45) is 5.92 Å². The summed E-state index contributed by atoms with van der Waals surface area (Å²) < 4.78 is 4.71. The molecule has 0 aliphatic carbocycles. The number of benzene rings is 1. The van der Waals surface area contributed by atoms with Crippen LogP contribution >= 0.6 is 0 Å². The second-order valence-corrected chi connectivity index (χ2v) is 6.45. The fourth-order valence-electron chi connectivity index (χ4n) is 2.96. The first-order valence-electron chi connectivity index (χ1n) is 8.79. The number of carboxylic acids is 2. The maximum atomic E-state index is 12.5. The molecule has 29 heavy (non-hydrogen) atoms. The Balaban J connectivity index is 2.16. The van der Waals surface area contributed by atoms with Crippen LogP contribution in [0.2, 0.25) is 0 Å². The van der Waals surface area contributed by atoms with Crippen molar-refractivity contribution in [2.75, 3.05) is 32.1 Å². The Hall–Kier alpha value is -3.40. The third-order valence-corrected chi connectivity index (χ3v) is 4.43. The van der Waals surface area contributed by atoms with Gasteiger partial charge in [-0.15, -0.1) is 0 Å². The zero-order valence-corrected chi connectivity index (χ0v) is 15.8. The molecule has 1 aliphatic rings. The van der Waals surface area contributed by atoms with E-state index in [4.69, 9.17) is 20.1 Å². The average molecular weight is 406 g/mol. The molecule has 10 nitrogen and oxygen atoms in total. The van der Waals surface area contributed by atoms with E-state index in [0.717, 1.165) is 0 Å². The summed E-state index contributed by atoms with van der Waals surface area (Å²) in [6.07, 6.45) is -0.443. The molecule has 0 radical (unpaired) electrons. The van der Waals surface area contributed by atoms with E-state index >= 15 is 0 Å². The lowest BCUT2D eigenvalue weighted by Crippen LogP contribution is -2.31. The van der Waals surface area contributed by atoms with E-state index in [2.05, 4.69) is 5.32 Å². The second kappa shape index (κ2) is 9.69. The molecule has 0 saturated heterocycles. The number of ether oxygens (including phenoxy) is 1. The standard InChI is InChI=1S/C19H22N2O8/c1-29-19(28)14-10-21(6-7-22)17(25)16(14)20-13-4-2-11(3-5-13)8-12(18(26)27)9-15(23)24/h2-5,12,20,22H,6-10H2,1H3,(H,23,24)(H,26,27). The highest BCUT2D eigenvalue weighted by molar-refractivity contribution is 6.08. The van der Waals surface area contributed by atoms with Crippen LogP contribution in [0.5, 0.6) is 0 Å². The van der Waals surface area contributed by atoms with Gasteiger partial charge in [0.1, 0.15) is 5.70 Å². The molecule has 0 fully saturated rings. The number of carboxylic acid groups (broad SMARTS) is 2. The number of esters is 1. The maximum Gasteiger partial charge on any atom is 0.337 e. The number of carbonyl (C=O) groups excluding carboxylic acids is 2. The number of nitrogens with zero attached hydrogens (tertiary/aromatic N) is 1. The molecule has 0 saturated carbocycles. The molecule has 2 rings (SSSR count). The molecule has 0 spiro atoms. The number of anilines is 1. The summed E-state index contributed by atoms with van der Waals surface area (Å²) in [7, 11) is 1.21. The van der Waals surface area contributed by atoms with Gasteiger partial charge in [-0.2, -0.15) is 0 Å². The fraction of sp³-hybridized carbons (Fsp3) is 0.368. The van der Waals surface area contributed by atoms with E-state index in [-0.39, 0.29) is 37.4 Å². The van der Waals surface area contributed by atoms with E-state index in [9.17, 15) is 19.2 Å². The predicted octanol–water partition coefficient (Wildman–Crippen LogP) is 0.0781. The van der Waals surface area contributed by atoms with Crippen molar-refractivity contribution >= 4 is 29.5 Å². The van der Waals surface area contributed by atoms with Gasteiger partial charge in [0, 0.05) is 12.2 Å². The van der Waals surface area contributed by atoms with E-state index in [1.54, 1.807) is 24.3 Å². The Bertz CT molecular complexity index is 831. The van der Waals surface area contributed by atoms with Crippen molar-refractivity contribution < 1.29 is 39.2 Å². The Labute approximate surface area is 166 Å². The van der Waals surface area contributed by atoms with E-state index in [0.29, 0.717) is 11.3 Å². The molecule has 1 atom stereocenters. The number of aliphatic hydroxyl groups is 1. The zero-order chi connectivity index (χ0) is 21.6. The van der Waals surface area contributed by atoms with Crippen molar-refractivity contribution in [3.8, 4) is 0 Å². The van der Waals surface area contributed by atoms with Crippen LogP contribution in [0, 0.1) is 5.92 Å². The number of methoxy groups -OCH3 is 1. The molecule has 1 aromatic rings. The van der Waals surface area contributed by atoms with Crippen LogP contribution < -0.4 is 5.32 Å². The number of β-amino-alcohol motifs (C(OH)–C–C–N with tert-alkyl or cyclic N) is 1. The molecule has 1 aromatic carbocycles. The molecular weight excluding hydrogens is 384 g/mol. The SMILES string of the molecule is COC(=O)C1=C(Nc2ccc(CC(CC(=O)O)C(=O)O)cc2)C(=O)N(CCO)C1. The highest BCUT2D eigenvalue weighted by Gasteiger charge is 2.34. The quantitative estimate of drug-likeness (QED) is 0.396. The van der Waals surface area contributed by atoms with E-state index in [1.165, 1.54) is 12.0 Å². The predicted molar refractivity (Wildman–Crippen MR) is 99.9 cm³/mol. The van der Waals surface area contributed by atoms with Gasteiger partial charge < -0.3 is 30.3 Å². The lowest BCUT2D eigenvalue weighted by Gasteiger charge is -2.15. The first-order chi connectivity index (χ1) is 13.8. The summed E-state index contributed by atoms with van der Waals surface area (Å²) in [5.41, 5.74) is 1.29. The normalized spacial score (nSPS) is 14.7. The molecule has 0 bridgehead atoms. The minimum Gasteiger partial charge on any atom is -0.481 e. The highest BCUT2D eigenvalue weighted by atomic mass is 16.5. The van der Waals surface area contributed by atoms with Gasteiger partial charge in [-0.25, -0.2) is 4.79 Å². The van der Waals surface area contributed by atoms with Gasteiger partial charge in [-0.3, -0.25) is 14.4 Å². The highest BCUT2D eigenvalue weighted by Crippen LogP contribution is 2.23. The number of hydrogen-bond donors (Lipinski definition) is 4. The lowest BCUT2D eigenvalue weighted by molar-refractivity contribution is -0.148. The minimum atomic E-state index is -1.19. The molecular formula is C19H22N2O8. The second-order valence-electron chi connectivity index (χ2n) is 6.45. The molecule has 1 unspecified atom stereocenters. The van der Waals surface area contributed by atoms with Crippen molar-refractivity contribution in [1.29, 1.82) is 0 Å². The van der Waals surface area contributed by atoms with Crippen LogP contribution in [0.1, 0.15) is 12.0 Å². The Morgan fingerprint density at radius 2 is 1.86 bits per heavy atom. The smallest absolute Gasteiger partial charge is 0.337 e. The molecule has 1 amide bonds. The Morgan fingerprint density at radius 3 is 2.38 bits per heavy atom. The van der Waals surface area contributed by atoms with Crippen LogP contribution in [0.25, 0.3) is 0 Å². The summed E-state index contributed by atoms with van der Waals surface area (Å²) >= 11 is 0. The Kier molecular flexibility index (Phi) is 7.32. The van der Waals surface area contributed by atoms with Crippen LogP contribution in [0.15, 0.2) is 35.5 Å². The maximum absolute atomic E-state index is 12.5. The number of carbonyl (C=O) groups is 4.